The van der Waals surface area contributed by atoms with Crippen LogP contribution < -0.4 is 9.16 Å². The van der Waals surface area contributed by atoms with Gasteiger partial charge in [-0.25, -0.2) is 0 Å². The van der Waals surface area contributed by atoms with Crippen LogP contribution >= 0.6 is 0 Å². The molecule has 2 atom stereocenters. The molecule has 4 nitrogen and oxygen atoms in total. The van der Waals surface area contributed by atoms with Gasteiger partial charge in [0, 0.05) is 5.56 Å². The van der Waals surface area contributed by atoms with E-state index in [0.717, 1.165) is 16.9 Å². The molecule has 0 unspecified atom stereocenters. The van der Waals surface area contributed by atoms with E-state index in [2.05, 4.69) is 33.9 Å². The Morgan fingerprint density at radius 2 is 1.79 bits per heavy atom. The fourth-order valence-electron chi connectivity index (χ4n) is 3.37. The third kappa shape index (κ3) is 3.59. The Bertz CT molecular complexity index is 885. The van der Waals surface area contributed by atoms with Gasteiger partial charge in [-0.3, -0.25) is 0 Å². The van der Waals surface area contributed by atoms with Crippen LogP contribution in [0.1, 0.15) is 49.1 Å². The van der Waals surface area contributed by atoms with E-state index < -0.39 is 20.0 Å². The van der Waals surface area contributed by atoms with Crippen LogP contribution in [-0.2, 0) is 5.60 Å². The summed E-state index contributed by atoms with van der Waals surface area (Å²) in [5, 5.41) is 22.4. The molecule has 0 spiro atoms. The number of benzene rings is 2. The third-order valence-corrected chi connectivity index (χ3v) is 10.6. The quantitative estimate of drug-likeness (QED) is 0.712. The summed E-state index contributed by atoms with van der Waals surface area (Å²) in [5.74, 6) is 1.44. The second-order valence-electron chi connectivity index (χ2n) is 9.50. The van der Waals surface area contributed by atoms with Gasteiger partial charge < -0.3 is 19.4 Å². The molecule has 2 aromatic rings. The SMILES string of the molecule is Cc1ccc2c(c1)OC[C@@](O)(c1ccc(O[Si](C)(C)C(C)(C)C)cc1C)[C@@H]2O. The molecule has 0 saturated heterocycles. The average Bonchev–Trinajstić information content (AvgIpc) is 2.57. The minimum absolute atomic E-state index is 0.00784. The van der Waals surface area contributed by atoms with E-state index in [-0.39, 0.29) is 11.6 Å². The van der Waals surface area contributed by atoms with Crippen molar-refractivity contribution < 1.29 is 19.4 Å². The van der Waals surface area contributed by atoms with Crippen LogP contribution in [0.3, 0.4) is 0 Å². The first-order valence-corrected chi connectivity index (χ1v) is 12.7. The molecule has 152 valence electrons. The first-order valence-electron chi connectivity index (χ1n) is 9.79. The molecule has 1 aliphatic heterocycles. The van der Waals surface area contributed by atoms with Gasteiger partial charge in [0.2, 0.25) is 8.32 Å². The van der Waals surface area contributed by atoms with Crippen molar-refractivity contribution in [2.75, 3.05) is 6.61 Å². The van der Waals surface area contributed by atoms with Crippen LogP contribution in [0.15, 0.2) is 36.4 Å². The van der Waals surface area contributed by atoms with E-state index in [9.17, 15) is 10.2 Å². The summed E-state index contributed by atoms with van der Waals surface area (Å²) >= 11 is 0. The summed E-state index contributed by atoms with van der Waals surface area (Å²) in [6.45, 7) is 15.0. The van der Waals surface area contributed by atoms with Crippen LogP contribution in [-0.4, -0.2) is 25.1 Å². The average molecular weight is 401 g/mol. The Balaban J connectivity index is 1.93. The summed E-state index contributed by atoms with van der Waals surface area (Å²) in [7, 11) is -1.95. The maximum Gasteiger partial charge on any atom is 0.250 e. The van der Waals surface area contributed by atoms with Gasteiger partial charge >= 0.3 is 0 Å². The Morgan fingerprint density at radius 1 is 1.11 bits per heavy atom. The number of aliphatic hydroxyl groups is 2. The zero-order valence-electron chi connectivity index (χ0n) is 18.0. The lowest BCUT2D eigenvalue weighted by Gasteiger charge is -2.40. The minimum Gasteiger partial charge on any atom is -0.543 e. The summed E-state index contributed by atoms with van der Waals surface area (Å²) < 4.78 is 12.2. The van der Waals surface area contributed by atoms with Gasteiger partial charge in [-0.15, -0.1) is 0 Å². The fourth-order valence-corrected chi connectivity index (χ4v) is 4.40. The van der Waals surface area contributed by atoms with Crippen molar-refractivity contribution in [1.29, 1.82) is 0 Å². The van der Waals surface area contributed by atoms with Crippen molar-refractivity contribution in [3.63, 3.8) is 0 Å². The molecule has 0 aromatic heterocycles. The van der Waals surface area contributed by atoms with Gasteiger partial charge in [0.05, 0.1) is 0 Å². The smallest absolute Gasteiger partial charge is 0.250 e. The molecule has 0 saturated carbocycles. The van der Waals surface area contributed by atoms with Gasteiger partial charge in [-0.1, -0.05) is 39.0 Å². The van der Waals surface area contributed by atoms with E-state index in [1.807, 2.05) is 50.2 Å². The van der Waals surface area contributed by atoms with Crippen LogP contribution in [0.2, 0.25) is 18.1 Å². The highest BCUT2D eigenvalue weighted by molar-refractivity contribution is 6.74. The highest BCUT2D eigenvalue weighted by Crippen LogP contribution is 2.45. The van der Waals surface area contributed by atoms with Gasteiger partial charge in [0.25, 0.3) is 0 Å². The maximum absolute atomic E-state index is 11.4. The van der Waals surface area contributed by atoms with E-state index >= 15 is 0 Å². The fraction of sp³-hybridized carbons (Fsp3) is 0.478. The largest absolute Gasteiger partial charge is 0.543 e. The normalized spacial score (nSPS) is 22.4. The van der Waals surface area contributed by atoms with Crippen molar-refractivity contribution in [3.05, 3.63) is 58.7 Å². The lowest BCUT2D eigenvalue weighted by atomic mass is 9.81. The predicted molar refractivity (Wildman–Crippen MR) is 115 cm³/mol. The first-order chi connectivity index (χ1) is 12.8. The molecule has 0 fully saturated rings. The number of aryl methyl sites for hydroxylation is 2. The molecule has 0 aliphatic carbocycles. The second-order valence-corrected chi connectivity index (χ2v) is 14.2. The first kappa shape index (κ1) is 20.9. The summed E-state index contributed by atoms with van der Waals surface area (Å²) in [4.78, 5) is 0. The van der Waals surface area contributed by atoms with E-state index in [1.54, 1.807) is 0 Å². The molecular formula is C23H32O4Si. The Kier molecular flexibility index (Phi) is 5.15. The number of hydrogen-bond donors (Lipinski definition) is 2. The number of ether oxygens (including phenoxy) is 1. The zero-order valence-corrected chi connectivity index (χ0v) is 19.0. The van der Waals surface area contributed by atoms with Gasteiger partial charge in [0.15, 0.2) is 5.60 Å². The van der Waals surface area contributed by atoms with Crippen molar-refractivity contribution in [2.45, 2.75) is 64.5 Å². The van der Waals surface area contributed by atoms with E-state index in [0.29, 0.717) is 16.9 Å². The van der Waals surface area contributed by atoms with Gasteiger partial charge in [-0.2, -0.15) is 0 Å². The van der Waals surface area contributed by atoms with E-state index in [4.69, 9.17) is 9.16 Å². The molecule has 0 radical (unpaired) electrons. The minimum atomic E-state index is -1.95. The summed E-state index contributed by atoms with van der Waals surface area (Å²) in [5.41, 5.74) is 1.70. The molecule has 5 heteroatoms. The molecule has 1 heterocycles. The molecule has 2 N–H and O–H groups in total. The lowest BCUT2D eigenvalue weighted by molar-refractivity contribution is -0.121. The Morgan fingerprint density at radius 3 is 2.39 bits per heavy atom. The lowest BCUT2D eigenvalue weighted by Crippen LogP contribution is -2.44. The van der Waals surface area contributed by atoms with E-state index in [1.165, 1.54) is 0 Å². The Labute approximate surface area is 169 Å². The number of fused-ring (bicyclic) bond motifs is 1. The van der Waals surface area contributed by atoms with Crippen molar-refractivity contribution in [2.24, 2.45) is 0 Å². The highest BCUT2D eigenvalue weighted by Gasteiger charge is 2.45. The molecule has 0 bridgehead atoms. The number of hydrogen-bond acceptors (Lipinski definition) is 4. The topological polar surface area (TPSA) is 58.9 Å². The van der Waals surface area contributed by atoms with Crippen molar-refractivity contribution in [1.82, 2.24) is 0 Å². The predicted octanol–water partition coefficient (Wildman–Crippen LogP) is 5.00. The highest BCUT2D eigenvalue weighted by atomic mass is 28.4. The van der Waals surface area contributed by atoms with Crippen molar-refractivity contribution >= 4 is 8.32 Å². The van der Waals surface area contributed by atoms with Crippen LogP contribution in [0.25, 0.3) is 0 Å². The monoisotopic (exact) mass is 400 g/mol. The van der Waals surface area contributed by atoms with Crippen LogP contribution in [0.5, 0.6) is 11.5 Å². The number of rotatable bonds is 3. The molecule has 3 rings (SSSR count). The maximum atomic E-state index is 11.4. The molecule has 28 heavy (non-hydrogen) atoms. The molecule has 0 amide bonds. The Hall–Kier alpha value is -1.82. The molecule has 1 aliphatic rings. The van der Waals surface area contributed by atoms with Crippen molar-refractivity contribution in [3.8, 4) is 11.5 Å². The van der Waals surface area contributed by atoms with Crippen LogP contribution in [0, 0.1) is 13.8 Å². The number of aliphatic hydroxyl groups excluding tert-OH is 1. The molecule has 2 aromatic carbocycles. The van der Waals surface area contributed by atoms with Gasteiger partial charge in [-0.05, 0) is 66.9 Å². The second kappa shape index (κ2) is 6.90. The van der Waals surface area contributed by atoms with Crippen LogP contribution in [0.4, 0.5) is 0 Å². The standard InChI is InChI=1S/C23H32O4Si/c1-15-8-10-18-20(12-15)26-14-23(25,21(18)24)19-11-9-17(13-16(19)2)27-28(6,7)22(3,4)5/h8-13,21,24-25H,14H2,1-7H3/t21-,23-/m1/s1. The summed E-state index contributed by atoms with van der Waals surface area (Å²) in [6, 6.07) is 11.3. The third-order valence-electron chi connectivity index (χ3n) is 6.21. The summed E-state index contributed by atoms with van der Waals surface area (Å²) in [6.07, 6.45) is -1.05. The van der Waals surface area contributed by atoms with Gasteiger partial charge in [0.1, 0.15) is 24.2 Å². The molecular weight excluding hydrogens is 368 g/mol. The zero-order chi connectivity index (χ0) is 20.9.